The lowest BCUT2D eigenvalue weighted by molar-refractivity contribution is 0.0700. The molecule has 8 nitrogen and oxygen atoms in total. The first-order valence-electron chi connectivity index (χ1n) is 9.09. The number of hydrogen-bond acceptors (Lipinski definition) is 7. The highest BCUT2D eigenvalue weighted by atomic mass is 32.1. The van der Waals surface area contributed by atoms with Crippen LogP contribution in [0.2, 0.25) is 0 Å². The lowest BCUT2D eigenvalue weighted by Gasteiger charge is -2.16. The van der Waals surface area contributed by atoms with Crippen LogP contribution in [0.15, 0.2) is 42.5 Å². The predicted octanol–water partition coefficient (Wildman–Crippen LogP) is 4.42. The molecule has 0 fully saturated rings. The van der Waals surface area contributed by atoms with Crippen molar-refractivity contribution in [3.8, 4) is 11.5 Å². The largest absolute Gasteiger partial charge is 0.494 e. The van der Waals surface area contributed by atoms with Crippen molar-refractivity contribution in [1.82, 2.24) is 4.98 Å². The molecular weight excluding hydrogens is 406 g/mol. The molecule has 1 heterocycles. The molecule has 1 amide bonds. The minimum Gasteiger partial charge on any atom is -0.494 e. The van der Waals surface area contributed by atoms with Gasteiger partial charge in [-0.1, -0.05) is 36.5 Å². The normalized spacial score (nSPS) is 10.4. The molecule has 0 atom stereocenters. The van der Waals surface area contributed by atoms with Crippen molar-refractivity contribution >= 4 is 39.7 Å². The summed E-state index contributed by atoms with van der Waals surface area (Å²) in [6.07, 6.45) is 0.505. The van der Waals surface area contributed by atoms with Gasteiger partial charge >= 0.3 is 5.97 Å². The second-order valence-electron chi connectivity index (χ2n) is 6.15. The van der Waals surface area contributed by atoms with Gasteiger partial charge in [-0.05, 0) is 18.6 Å². The van der Waals surface area contributed by atoms with Crippen molar-refractivity contribution in [3.05, 3.63) is 58.6 Å². The van der Waals surface area contributed by atoms with E-state index in [-0.39, 0.29) is 10.8 Å². The lowest BCUT2D eigenvalue weighted by Crippen LogP contribution is -2.12. The molecule has 3 N–H and O–H groups in total. The Hall–Kier alpha value is -3.59. The Morgan fingerprint density at radius 2 is 1.70 bits per heavy atom. The Morgan fingerprint density at radius 3 is 2.27 bits per heavy atom. The maximum absolute atomic E-state index is 12.5. The molecule has 0 spiro atoms. The number of carboxylic acids is 1. The first kappa shape index (κ1) is 21.1. The Bertz CT molecular complexity index is 1070. The van der Waals surface area contributed by atoms with E-state index < -0.39 is 5.97 Å². The molecule has 0 aliphatic rings. The van der Waals surface area contributed by atoms with Crippen LogP contribution in [0.25, 0.3) is 0 Å². The number of rotatable bonds is 8. The zero-order valence-electron chi connectivity index (χ0n) is 16.7. The van der Waals surface area contributed by atoms with Gasteiger partial charge in [0.2, 0.25) is 0 Å². The number of carbonyl (C=O) groups is 2. The van der Waals surface area contributed by atoms with Crippen LogP contribution in [0.3, 0.4) is 0 Å². The first-order valence-corrected chi connectivity index (χ1v) is 9.90. The number of nitrogens with zero attached hydrogens (tertiary/aromatic N) is 1. The smallest absolute Gasteiger partial charge is 0.347 e. The Labute approximate surface area is 177 Å². The topological polar surface area (TPSA) is 110 Å². The van der Waals surface area contributed by atoms with E-state index in [1.54, 1.807) is 36.4 Å². The summed E-state index contributed by atoms with van der Waals surface area (Å²) in [5.41, 5.74) is 1.98. The van der Waals surface area contributed by atoms with Crippen molar-refractivity contribution in [3.63, 3.8) is 0 Å². The van der Waals surface area contributed by atoms with E-state index in [0.29, 0.717) is 45.7 Å². The number of carboxylic acid groups (broad SMARTS) is 1. The van der Waals surface area contributed by atoms with Crippen LogP contribution in [-0.4, -0.2) is 36.2 Å². The van der Waals surface area contributed by atoms with Gasteiger partial charge in [0.1, 0.15) is 16.4 Å². The fourth-order valence-corrected chi connectivity index (χ4v) is 3.71. The van der Waals surface area contributed by atoms with Crippen molar-refractivity contribution in [2.75, 3.05) is 24.9 Å². The Kier molecular flexibility index (Phi) is 6.53. The predicted molar refractivity (Wildman–Crippen MR) is 116 cm³/mol. The fraction of sp³-hybridized carbons (Fsp3) is 0.190. The highest BCUT2D eigenvalue weighted by molar-refractivity contribution is 7.17. The van der Waals surface area contributed by atoms with Crippen molar-refractivity contribution in [2.24, 2.45) is 0 Å². The number of hydrogen-bond donors (Lipinski definition) is 3. The maximum Gasteiger partial charge on any atom is 0.347 e. The molecule has 0 bridgehead atoms. The highest BCUT2D eigenvalue weighted by Gasteiger charge is 2.19. The van der Waals surface area contributed by atoms with Gasteiger partial charge in [-0.2, -0.15) is 0 Å². The van der Waals surface area contributed by atoms with Gasteiger partial charge < -0.3 is 25.2 Å². The quantitative estimate of drug-likeness (QED) is 0.488. The summed E-state index contributed by atoms with van der Waals surface area (Å²) < 4.78 is 10.9. The molecule has 0 aliphatic carbocycles. The number of nitrogens with one attached hydrogen (secondary N) is 2. The van der Waals surface area contributed by atoms with E-state index in [9.17, 15) is 14.7 Å². The maximum atomic E-state index is 12.5. The van der Waals surface area contributed by atoms with E-state index in [1.807, 2.05) is 13.0 Å². The molecule has 2 aromatic carbocycles. The number of aromatic nitrogens is 1. The Balaban J connectivity index is 1.91. The molecule has 3 rings (SSSR count). The zero-order valence-corrected chi connectivity index (χ0v) is 17.5. The zero-order chi connectivity index (χ0) is 21.7. The number of anilines is 3. The molecule has 30 heavy (non-hydrogen) atoms. The monoisotopic (exact) mass is 427 g/mol. The SMILES string of the molecule is CCc1nc(Nc2cc(OC)c(NC(=O)c3ccccc3)cc2OC)sc1C(=O)O. The van der Waals surface area contributed by atoms with Crippen molar-refractivity contribution < 1.29 is 24.2 Å². The summed E-state index contributed by atoms with van der Waals surface area (Å²) >= 11 is 1.04. The average molecular weight is 427 g/mol. The van der Waals surface area contributed by atoms with Crippen LogP contribution in [0.5, 0.6) is 11.5 Å². The van der Waals surface area contributed by atoms with Gasteiger partial charge in [0.05, 0.1) is 31.3 Å². The molecule has 0 saturated heterocycles. The van der Waals surface area contributed by atoms with E-state index in [0.717, 1.165) is 11.3 Å². The van der Waals surface area contributed by atoms with E-state index >= 15 is 0 Å². The van der Waals surface area contributed by atoms with E-state index in [4.69, 9.17) is 9.47 Å². The second kappa shape index (κ2) is 9.27. The highest BCUT2D eigenvalue weighted by Crippen LogP contribution is 2.39. The van der Waals surface area contributed by atoms with Crippen LogP contribution in [0.1, 0.15) is 32.6 Å². The fourth-order valence-electron chi connectivity index (χ4n) is 2.80. The van der Waals surface area contributed by atoms with Gasteiger partial charge in [-0.15, -0.1) is 0 Å². The number of ether oxygens (including phenoxy) is 2. The molecule has 1 aromatic heterocycles. The van der Waals surface area contributed by atoms with Gasteiger partial charge in [0.15, 0.2) is 5.13 Å². The third-order valence-electron chi connectivity index (χ3n) is 4.27. The number of thiazole rings is 1. The summed E-state index contributed by atoms with van der Waals surface area (Å²) in [7, 11) is 2.99. The third kappa shape index (κ3) is 4.52. The van der Waals surface area contributed by atoms with Crippen molar-refractivity contribution in [1.29, 1.82) is 0 Å². The molecule has 0 saturated carbocycles. The van der Waals surface area contributed by atoms with Crippen molar-refractivity contribution in [2.45, 2.75) is 13.3 Å². The molecular formula is C21H21N3O5S. The summed E-state index contributed by atoms with van der Waals surface area (Å²) in [5.74, 6) is -0.450. The molecule has 0 aliphatic heterocycles. The first-order chi connectivity index (χ1) is 14.5. The van der Waals surface area contributed by atoms with Crippen LogP contribution < -0.4 is 20.1 Å². The summed E-state index contributed by atoms with van der Waals surface area (Å²) in [6.45, 7) is 1.85. The van der Waals surface area contributed by atoms with Crippen LogP contribution >= 0.6 is 11.3 Å². The molecule has 3 aromatic rings. The molecule has 0 radical (unpaired) electrons. The van der Waals surface area contributed by atoms with E-state index in [1.165, 1.54) is 14.2 Å². The van der Waals surface area contributed by atoms with Gasteiger partial charge in [-0.25, -0.2) is 9.78 Å². The van der Waals surface area contributed by atoms with Gasteiger partial charge in [0, 0.05) is 17.7 Å². The average Bonchev–Trinajstić information content (AvgIpc) is 3.18. The van der Waals surface area contributed by atoms with Gasteiger partial charge in [-0.3, -0.25) is 4.79 Å². The number of amides is 1. The van der Waals surface area contributed by atoms with Gasteiger partial charge in [0.25, 0.3) is 5.91 Å². The summed E-state index contributed by atoms with van der Waals surface area (Å²) in [4.78, 5) is 28.4. The van der Waals surface area contributed by atoms with Crippen LogP contribution in [-0.2, 0) is 6.42 Å². The number of carbonyl (C=O) groups excluding carboxylic acids is 1. The Morgan fingerprint density at radius 1 is 1.07 bits per heavy atom. The minimum atomic E-state index is -1.01. The van der Waals surface area contributed by atoms with E-state index in [2.05, 4.69) is 15.6 Å². The standard InChI is InChI=1S/C21H21N3O5S/c1-4-13-18(20(26)27)30-21(23-13)24-15-11-16(28-2)14(10-17(15)29-3)22-19(25)12-8-6-5-7-9-12/h5-11H,4H2,1-3H3,(H,22,25)(H,23,24)(H,26,27). The van der Waals surface area contributed by atoms with Crippen LogP contribution in [0.4, 0.5) is 16.5 Å². The molecule has 156 valence electrons. The molecule has 9 heteroatoms. The lowest BCUT2D eigenvalue weighted by atomic mass is 10.2. The number of aryl methyl sites for hydroxylation is 1. The number of benzene rings is 2. The summed E-state index contributed by atoms with van der Waals surface area (Å²) in [6, 6.07) is 12.1. The summed E-state index contributed by atoms with van der Waals surface area (Å²) in [5, 5.41) is 15.7. The number of methoxy groups -OCH3 is 2. The van der Waals surface area contributed by atoms with Crippen LogP contribution in [0, 0.1) is 0 Å². The molecule has 0 unspecified atom stereocenters. The minimum absolute atomic E-state index is 0.192. The number of aromatic carboxylic acids is 1. The third-order valence-corrected chi connectivity index (χ3v) is 5.27. The second-order valence-corrected chi connectivity index (χ2v) is 7.15.